The van der Waals surface area contributed by atoms with E-state index < -0.39 is 0 Å². The molecule has 102 valence electrons. The number of aryl methyl sites for hydroxylation is 1. The quantitative estimate of drug-likeness (QED) is 0.894. The molecule has 0 amide bonds. The van der Waals surface area contributed by atoms with Crippen molar-refractivity contribution in [1.82, 2.24) is 9.78 Å². The molecule has 0 aliphatic heterocycles. The largest absolute Gasteiger partial charge is 0.478 e. The number of hydrogen-bond acceptors (Lipinski definition) is 4. The van der Waals surface area contributed by atoms with E-state index in [0.29, 0.717) is 5.88 Å². The lowest BCUT2D eigenvalue weighted by Gasteiger charge is -2.13. The van der Waals surface area contributed by atoms with Gasteiger partial charge in [0.2, 0.25) is 0 Å². The number of aromatic nitrogens is 2. The summed E-state index contributed by atoms with van der Waals surface area (Å²) < 4.78 is 6.94. The second-order valence-electron chi connectivity index (χ2n) is 4.64. The standard InChI is InChI=1S/C14H20N4O/c1-17(2)12-7-5-11(6-8-12)9-15-13-10-18(3)16-14(13)19-4/h5-8,10,15H,9H2,1-4H3. The number of anilines is 2. The van der Waals surface area contributed by atoms with E-state index in [0.717, 1.165) is 12.2 Å². The first-order chi connectivity index (χ1) is 9.10. The molecule has 2 aromatic rings. The first-order valence-electron chi connectivity index (χ1n) is 6.18. The van der Waals surface area contributed by atoms with Crippen LogP contribution in [0, 0.1) is 0 Å². The zero-order chi connectivity index (χ0) is 13.8. The maximum atomic E-state index is 5.20. The Morgan fingerprint density at radius 1 is 1.26 bits per heavy atom. The Labute approximate surface area is 113 Å². The minimum absolute atomic E-state index is 0.618. The van der Waals surface area contributed by atoms with Crippen LogP contribution in [0.2, 0.25) is 0 Å². The van der Waals surface area contributed by atoms with Crippen molar-refractivity contribution in [2.24, 2.45) is 7.05 Å². The van der Waals surface area contributed by atoms with E-state index in [4.69, 9.17) is 4.74 Å². The third kappa shape index (κ3) is 3.19. The average molecular weight is 260 g/mol. The highest BCUT2D eigenvalue weighted by Crippen LogP contribution is 2.22. The van der Waals surface area contributed by atoms with Crippen LogP contribution >= 0.6 is 0 Å². The van der Waals surface area contributed by atoms with Gasteiger partial charge in [-0.25, -0.2) is 0 Å². The van der Waals surface area contributed by atoms with Crippen LogP contribution in [0.1, 0.15) is 5.56 Å². The van der Waals surface area contributed by atoms with Gasteiger partial charge in [-0.2, -0.15) is 0 Å². The van der Waals surface area contributed by atoms with Gasteiger partial charge in [0.1, 0.15) is 5.69 Å². The average Bonchev–Trinajstić information content (AvgIpc) is 2.77. The highest BCUT2D eigenvalue weighted by atomic mass is 16.5. The molecule has 0 bridgehead atoms. The van der Waals surface area contributed by atoms with Gasteiger partial charge in [-0.1, -0.05) is 12.1 Å². The summed E-state index contributed by atoms with van der Waals surface area (Å²) in [7, 11) is 7.57. The van der Waals surface area contributed by atoms with Crippen LogP contribution in [0.4, 0.5) is 11.4 Å². The van der Waals surface area contributed by atoms with Crippen LogP contribution in [0.3, 0.4) is 0 Å². The molecular formula is C14H20N4O. The monoisotopic (exact) mass is 260 g/mol. The highest BCUT2D eigenvalue weighted by molar-refractivity contribution is 5.52. The van der Waals surface area contributed by atoms with E-state index >= 15 is 0 Å². The number of nitrogens with zero attached hydrogens (tertiary/aromatic N) is 3. The third-order valence-corrected chi connectivity index (χ3v) is 2.92. The Hall–Kier alpha value is -2.17. The fourth-order valence-electron chi connectivity index (χ4n) is 1.85. The lowest BCUT2D eigenvalue weighted by atomic mass is 10.2. The van der Waals surface area contributed by atoms with Crippen molar-refractivity contribution in [2.45, 2.75) is 6.54 Å². The van der Waals surface area contributed by atoms with Crippen molar-refractivity contribution in [1.29, 1.82) is 0 Å². The van der Waals surface area contributed by atoms with Gasteiger partial charge in [0, 0.05) is 33.4 Å². The van der Waals surface area contributed by atoms with Gasteiger partial charge in [0.25, 0.3) is 5.88 Å². The molecule has 19 heavy (non-hydrogen) atoms. The topological polar surface area (TPSA) is 42.3 Å². The molecule has 0 atom stereocenters. The van der Waals surface area contributed by atoms with E-state index in [2.05, 4.69) is 39.6 Å². The molecule has 5 nitrogen and oxygen atoms in total. The summed E-state index contributed by atoms with van der Waals surface area (Å²) in [6, 6.07) is 8.45. The fourth-order valence-corrected chi connectivity index (χ4v) is 1.85. The smallest absolute Gasteiger partial charge is 0.256 e. The van der Waals surface area contributed by atoms with Crippen molar-refractivity contribution < 1.29 is 4.74 Å². The van der Waals surface area contributed by atoms with Crippen molar-refractivity contribution in [2.75, 3.05) is 31.4 Å². The summed E-state index contributed by atoms with van der Waals surface area (Å²) in [5.74, 6) is 0.618. The predicted molar refractivity (Wildman–Crippen MR) is 77.9 cm³/mol. The molecule has 1 N–H and O–H groups in total. The molecular weight excluding hydrogens is 240 g/mol. The Morgan fingerprint density at radius 3 is 2.53 bits per heavy atom. The Bertz CT molecular complexity index is 531. The lowest BCUT2D eigenvalue weighted by Crippen LogP contribution is -2.08. The first-order valence-corrected chi connectivity index (χ1v) is 6.18. The van der Waals surface area contributed by atoms with E-state index in [1.54, 1.807) is 11.8 Å². The summed E-state index contributed by atoms with van der Waals surface area (Å²) >= 11 is 0. The SMILES string of the molecule is COc1nn(C)cc1NCc1ccc(N(C)C)cc1. The third-order valence-electron chi connectivity index (χ3n) is 2.92. The molecule has 0 unspecified atom stereocenters. The van der Waals surface area contributed by atoms with Gasteiger partial charge in [-0.15, -0.1) is 5.10 Å². The molecule has 0 spiro atoms. The number of ether oxygens (including phenoxy) is 1. The molecule has 2 rings (SSSR count). The van der Waals surface area contributed by atoms with Crippen molar-refractivity contribution in [3.8, 4) is 5.88 Å². The second-order valence-corrected chi connectivity index (χ2v) is 4.64. The first kappa shape index (κ1) is 13.3. The van der Waals surface area contributed by atoms with Gasteiger partial charge in [0.15, 0.2) is 0 Å². The van der Waals surface area contributed by atoms with Gasteiger partial charge in [-0.05, 0) is 17.7 Å². The number of methoxy groups -OCH3 is 1. The summed E-state index contributed by atoms with van der Waals surface area (Å²) in [6.07, 6.45) is 1.91. The van der Waals surface area contributed by atoms with E-state index in [-0.39, 0.29) is 0 Å². The maximum Gasteiger partial charge on any atom is 0.256 e. The Morgan fingerprint density at radius 2 is 1.95 bits per heavy atom. The normalized spacial score (nSPS) is 10.3. The molecule has 5 heteroatoms. The summed E-state index contributed by atoms with van der Waals surface area (Å²) in [5, 5.41) is 7.53. The summed E-state index contributed by atoms with van der Waals surface area (Å²) in [6.45, 7) is 0.746. The second kappa shape index (κ2) is 5.65. The van der Waals surface area contributed by atoms with Gasteiger partial charge in [0.05, 0.1) is 13.3 Å². The van der Waals surface area contributed by atoms with Crippen LogP contribution < -0.4 is 15.0 Å². The molecule has 0 saturated carbocycles. The van der Waals surface area contributed by atoms with Crippen molar-refractivity contribution in [3.05, 3.63) is 36.0 Å². The summed E-state index contributed by atoms with van der Waals surface area (Å²) in [4.78, 5) is 2.08. The summed E-state index contributed by atoms with van der Waals surface area (Å²) in [5.41, 5.74) is 3.32. The molecule has 1 aromatic carbocycles. The number of rotatable bonds is 5. The van der Waals surface area contributed by atoms with Crippen LogP contribution in [-0.4, -0.2) is 31.0 Å². The lowest BCUT2D eigenvalue weighted by molar-refractivity contribution is 0.393. The highest BCUT2D eigenvalue weighted by Gasteiger charge is 2.07. The van der Waals surface area contributed by atoms with E-state index in [1.165, 1.54) is 11.3 Å². The maximum absolute atomic E-state index is 5.20. The zero-order valence-electron chi connectivity index (χ0n) is 11.8. The van der Waals surface area contributed by atoms with Crippen LogP contribution in [-0.2, 0) is 13.6 Å². The van der Waals surface area contributed by atoms with Crippen LogP contribution in [0.5, 0.6) is 5.88 Å². The number of hydrogen-bond donors (Lipinski definition) is 1. The van der Waals surface area contributed by atoms with Crippen molar-refractivity contribution >= 4 is 11.4 Å². The van der Waals surface area contributed by atoms with Gasteiger partial charge in [-0.3, -0.25) is 4.68 Å². The van der Waals surface area contributed by atoms with E-state index in [9.17, 15) is 0 Å². The number of nitrogens with one attached hydrogen (secondary N) is 1. The Kier molecular flexibility index (Phi) is 3.94. The van der Waals surface area contributed by atoms with Gasteiger partial charge >= 0.3 is 0 Å². The van der Waals surface area contributed by atoms with Gasteiger partial charge < -0.3 is 15.0 Å². The van der Waals surface area contributed by atoms with Crippen LogP contribution in [0.15, 0.2) is 30.5 Å². The number of benzene rings is 1. The Balaban J connectivity index is 2.01. The molecule has 0 fully saturated rings. The predicted octanol–water partition coefficient (Wildman–Crippen LogP) is 2.11. The fraction of sp³-hybridized carbons (Fsp3) is 0.357. The molecule has 1 aromatic heterocycles. The molecule has 1 heterocycles. The van der Waals surface area contributed by atoms with Crippen LogP contribution in [0.25, 0.3) is 0 Å². The molecule has 0 aliphatic rings. The van der Waals surface area contributed by atoms with Crippen molar-refractivity contribution in [3.63, 3.8) is 0 Å². The zero-order valence-corrected chi connectivity index (χ0v) is 11.8. The molecule has 0 aliphatic carbocycles. The van der Waals surface area contributed by atoms with E-state index in [1.807, 2.05) is 27.3 Å². The molecule has 0 radical (unpaired) electrons. The minimum atomic E-state index is 0.618. The minimum Gasteiger partial charge on any atom is -0.478 e. The molecule has 0 saturated heterocycles.